The lowest BCUT2D eigenvalue weighted by atomic mass is 9.96. The Hall–Kier alpha value is -3.36. The zero-order valence-corrected chi connectivity index (χ0v) is 19.7. The van der Waals surface area contributed by atoms with Crippen LogP contribution in [0.1, 0.15) is 31.4 Å². The molecule has 0 spiro atoms. The molecule has 1 unspecified atom stereocenters. The van der Waals surface area contributed by atoms with E-state index in [2.05, 4.69) is 15.9 Å². The van der Waals surface area contributed by atoms with E-state index >= 15 is 0 Å². The summed E-state index contributed by atoms with van der Waals surface area (Å²) in [7, 11) is 1.57. The van der Waals surface area contributed by atoms with Crippen LogP contribution in [0.15, 0.2) is 76.5 Å². The van der Waals surface area contributed by atoms with Crippen LogP contribution >= 0.6 is 0 Å². The van der Waals surface area contributed by atoms with Crippen molar-refractivity contribution in [2.45, 2.75) is 45.2 Å². The van der Waals surface area contributed by atoms with Crippen LogP contribution in [-0.4, -0.2) is 53.8 Å². The van der Waals surface area contributed by atoms with Crippen LogP contribution in [0.5, 0.6) is 0 Å². The Morgan fingerprint density at radius 1 is 0.788 bits per heavy atom. The van der Waals surface area contributed by atoms with Crippen LogP contribution in [0.4, 0.5) is 0 Å². The first-order valence-electron chi connectivity index (χ1n) is 11.3. The highest BCUT2D eigenvalue weighted by Crippen LogP contribution is 2.21. The van der Waals surface area contributed by atoms with Crippen molar-refractivity contribution in [2.24, 2.45) is 21.8 Å². The van der Waals surface area contributed by atoms with E-state index in [4.69, 9.17) is 0 Å². The molecule has 0 bridgehead atoms. The van der Waals surface area contributed by atoms with Gasteiger partial charge >= 0.3 is 0 Å². The van der Waals surface area contributed by atoms with Crippen LogP contribution < -0.4 is 0 Å². The van der Waals surface area contributed by atoms with Gasteiger partial charge in [-0.15, -0.1) is 14.7 Å². The van der Waals surface area contributed by atoms with Gasteiger partial charge in [0, 0.05) is 13.6 Å². The third-order valence-corrected chi connectivity index (χ3v) is 6.09. The summed E-state index contributed by atoms with van der Waals surface area (Å²) in [6, 6.07) is 18.9. The fourth-order valence-corrected chi connectivity index (χ4v) is 3.92. The Kier molecular flexibility index (Phi) is 10.9. The summed E-state index contributed by atoms with van der Waals surface area (Å²) in [5, 5.41) is 13.8. The van der Waals surface area contributed by atoms with Crippen LogP contribution in [0, 0.1) is 20.6 Å². The molecule has 178 valence electrons. The molecule has 0 fully saturated rings. The summed E-state index contributed by atoms with van der Waals surface area (Å²) in [5.41, 5.74) is 2.13. The second-order valence-electron chi connectivity index (χ2n) is 8.40. The van der Waals surface area contributed by atoms with Crippen LogP contribution in [-0.2, 0) is 12.8 Å². The van der Waals surface area contributed by atoms with Gasteiger partial charge in [-0.25, -0.2) is 0 Å². The van der Waals surface area contributed by atoms with E-state index in [0.717, 1.165) is 17.5 Å². The van der Waals surface area contributed by atoms with Crippen molar-refractivity contribution in [1.29, 1.82) is 0 Å². The fourth-order valence-electron chi connectivity index (χ4n) is 3.92. The van der Waals surface area contributed by atoms with Crippen molar-refractivity contribution in [3.63, 3.8) is 0 Å². The number of rotatable bonds is 16. The Bertz CT molecular complexity index is 839. The molecule has 0 N–H and O–H groups in total. The normalized spacial score (nSPS) is 13.4. The number of hydrogen-bond acceptors (Lipinski definition) is 6. The highest BCUT2D eigenvalue weighted by atomic mass is 16.3. The van der Waals surface area contributed by atoms with Crippen LogP contribution in [0.3, 0.4) is 0 Å². The topological polar surface area (TPSA) is 98.0 Å². The Labute approximate surface area is 195 Å². The SMILES string of the molecule is CCC(C)[C@@H](CN(N=O)[C@@H](Cc1ccccc1)CN(C)N=O)N(CCc1ccccc1)N=O. The van der Waals surface area contributed by atoms with Gasteiger partial charge in [0.25, 0.3) is 0 Å². The summed E-state index contributed by atoms with van der Waals surface area (Å²) in [6.45, 7) is 4.98. The molecule has 0 aromatic heterocycles. The molecule has 9 nitrogen and oxygen atoms in total. The van der Waals surface area contributed by atoms with Gasteiger partial charge in [0.1, 0.15) is 0 Å². The lowest BCUT2D eigenvalue weighted by Crippen LogP contribution is -2.49. The van der Waals surface area contributed by atoms with Gasteiger partial charge in [0.05, 0.1) is 41.0 Å². The average Bonchev–Trinajstić information content (AvgIpc) is 2.86. The highest BCUT2D eigenvalue weighted by molar-refractivity contribution is 5.16. The molecule has 9 heteroatoms. The van der Waals surface area contributed by atoms with Crippen molar-refractivity contribution >= 4 is 0 Å². The summed E-state index contributed by atoms with van der Waals surface area (Å²) >= 11 is 0. The number of nitroso groups, excluding NO2 is 3. The Morgan fingerprint density at radius 3 is 1.88 bits per heavy atom. The first kappa shape index (κ1) is 25.9. The van der Waals surface area contributed by atoms with E-state index in [9.17, 15) is 14.7 Å². The summed E-state index contributed by atoms with van der Waals surface area (Å²) < 4.78 is 0. The minimum absolute atomic E-state index is 0.0991. The van der Waals surface area contributed by atoms with E-state index in [1.165, 1.54) is 15.0 Å². The molecule has 0 amide bonds. The largest absolute Gasteiger partial charge is 0.262 e. The van der Waals surface area contributed by atoms with E-state index in [1.54, 1.807) is 7.05 Å². The maximum atomic E-state index is 12.0. The summed E-state index contributed by atoms with van der Waals surface area (Å²) in [5.74, 6) is 0.0991. The molecule has 0 radical (unpaired) electrons. The Morgan fingerprint density at radius 2 is 1.36 bits per heavy atom. The third-order valence-electron chi connectivity index (χ3n) is 6.09. The molecule has 2 aromatic rings. The van der Waals surface area contributed by atoms with E-state index in [0.29, 0.717) is 19.4 Å². The minimum atomic E-state index is -0.387. The summed E-state index contributed by atoms with van der Waals surface area (Å²) in [6.07, 6.45) is 1.99. The van der Waals surface area contributed by atoms with Crippen molar-refractivity contribution < 1.29 is 0 Å². The average molecular weight is 455 g/mol. The molecule has 3 atom stereocenters. The van der Waals surface area contributed by atoms with E-state index < -0.39 is 0 Å². The summed E-state index contributed by atoms with van der Waals surface area (Å²) in [4.78, 5) is 34.8. The molecule has 0 saturated carbocycles. The Balaban J connectivity index is 2.21. The predicted octanol–water partition coefficient (Wildman–Crippen LogP) is 4.84. The van der Waals surface area contributed by atoms with Gasteiger partial charge in [-0.05, 0) is 29.9 Å². The third kappa shape index (κ3) is 8.25. The lowest BCUT2D eigenvalue weighted by Gasteiger charge is -2.36. The standard InChI is InChI=1S/C24H34N6O3/c1-4-20(2)24(29(26-32)16-15-21-11-7-5-8-12-21)19-30(27-33)23(18-28(3)25-31)17-22-13-9-6-10-14-22/h5-14,20,23-24H,4,15-19H2,1-3H3/t20?,23-,24+/m0/s1. The second-order valence-corrected chi connectivity index (χ2v) is 8.40. The first-order valence-corrected chi connectivity index (χ1v) is 11.3. The van der Waals surface area contributed by atoms with Crippen molar-refractivity contribution in [3.8, 4) is 0 Å². The first-order chi connectivity index (χ1) is 16.0. The minimum Gasteiger partial charge on any atom is -0.262 e. The zero-order chi connectivity index (χ0) is 24.1. The molecule has 2 rings (SSSR count). The monoisotopic (exact) mass is 454 g/mol. The number of likely N-dealkylation sites (N-methyl/N-ethyl adjacent to an activating group) is 1. The lowest BCUT2D eigenvalue weighted by molar-refractivity contribution is 0.0693. The van der Waals surface area contributed by atoms with Gasteiger partial charge in [-0.1, -0.05) is 80.9 Å². The van der Waals surface area contributed by atoms with Gasteiger partial charge < -0.3 is 0 Å². The zero-order valence-electron chi connectivity index (χ0n) is 19.7. The molecular formula is C24H34N6O3. The molecule has 0 aliphatic heterocycles. The van der Waals surface area contributed by atoms with Crippen molar-refractivity contribution in [3.05, 3.63) is 86.5 Å². The van der Waals surface area contributed by atoms with Crippen LogP contribution in [0.2, 0.25) is 0 Å². The molecule has 0 heterocycles. The maximum absolute atomic E-state index is 12.0. The van der Waals surface area contributed by atoms with Gasteiger partial charge in [0.15, 0.2) is 0 Å². The van der Waals surface area contributed by atoms with Gasteiger partial charge in [0.2, 0.25) is 0 Å². The van der Waals surface area contributed by atoms with E-state index in [1.807, 2.05) is 74.5 Å². The van der Waals surface area contributed by atoms with Crippen LogP contribution in [0.25, 0.3) is 0 Å². The number of hydrogen-bond donors (Lipinski definition) is 0. The molecule has 0 aliphatic rings. The highest BCUT2D eigenvalue weighted by Gasteiger charge is 2.30. The number of nitrogens with zero attached hydrogens (tertiary/aromatic N) is 6. The number of benzene rings is 2. The van der Waals surface area contributed by atoms with E-state index in [-0.39, 0.29) is 31.1 Å². The smallest absolute Gasteiger partial charge is 0.0736 e. The fraction of sp³-hybridized carbons (Fsp3) is 0.500. The van der Waals surface area contributed by atoms with Crippen molar-refractivity contribution in [2.75, 3.05) is 26.7 Å². The molecule has 2 aromatic carbocycles. The second kappa shape index (κ2) is 13.9. The molecule has 33 heavy (non-hydrogen) atoms. The predicted molar refractivity (Wildman–Crippen MR) is 131 cm³/mol. The van der Waals surface area contributed by atoms with Gasteiger partial charge in [-0.3, -0.25) is 15.0 Å². The maximum Gasteiger partial charge on any atom is 0.0736 e. The molecule has 0 saturated heterocycles. The molecular weight excluding hydrogens is 420 g/mol. The van der Waals surface area contributed by atoms with Gasteiger partial charge in [-0.2, -0.15) is 0 Å². The quantitative estimate of drug-likeness (QED) is 0.266. The van der Waals surface area contributed by atoms with Crippen molar-refractivity contribution in [1.82, 2.24) is 15.0 Å². The molecule has 0 aliphatic carbocycles.